The van der Waals surface area contributed by atoms with Gasteiger partial charge in [-0.05, 0) is 43.7 Å². The molecule has 1 amide bonds. The van der Waals surface area contributed by atoms with E-state index in [1.54, 1.807) is 7.11 Å². The molecule has 2 heterocycles. The second kappa shape index (κ2) is 7.04. The van der Waals surface area contributed by atoms with E-state index in [-0.39, 0.29) is 11.4 Å². The van der Waals surface area contributed by atoms with Crippen LogP contribution in [0.1, 0.15) is 16.8 Å². The predicted octanol–water partition coefficient (Wildman–Crippen LogP) is 4.39. The third-order valence-corrected chi connectivity index (χ3v) is 5.62. The standard InChI is InChI=1S/C21H21N3O2S/c1-12-8-9-18(26-3)17(10-12)23-21-24-20(25)19(27-21)11-15-13(2)22-16-7-5-4-6-14(15)16/h4-11,21-23H,1-3H3,(H,24,25)/b19-11-. The van der Waals surface area contributed by atoms with Crippen molar-refractivity contribution < 1.29 is 9.53 Å². The van der Waals surface area contributed by atoms with Crippen LogP contribution in [0.15, 0.2) is 47.4 Å². The first-order valence-corrected chi connectivity index (χ1v) is 9.61. The first kappa shape index (κ1) is 17.5. The van der Waals surface area contributed by atoms with Gasteiger partial charge in [-0.25, -0.2) is 0 Å². The number of aromatic nitrogens is 1. The van der Waals surface area contributed by atoms with Crippen LogP contribution in [0, 0.1) is 13.8 Å². The number of para-hydroxylation sites is 1. The van der Waals surface area contributed by atoms with E-state index in [4.69, 9.17) is 4.74 Å². The van der Waals surface area contributed by atoms with Crippen LogP contribution in [0.3, 0.4) is 0 Å². The van der Waals surface area contributed by atoms with E-state index in [0.717, 1.165) is 39.2 Å². The number of hydrogen-bond donors (Lipinski definition) is 3. The molecule has 1 unspecified atom stereocenters. The number of aromatic amines is 1. The summed E-state index contributed by atoms with van der Waals surface area (Å²) in [7, 11) is 1.64. The van der Waals surface area contributed by atoms with Crippen molar-refractivity contribution in [2.75, 3.05) is 12.4 Å². The Morgan fingerprint density at radius 3 is 2.81 bits per heavy atom. The van der Waals surface area contributed by atoms with Crippen LogP contribution < -0.4 is 15.4 Å². The molecular formula is C21H21N3O2S. The van der Waals surface area contributed by atoms with Crippen LogP contribution >= 0.6 is 11.8 Å². The van der Waals surface area contributed by atoms with Crippen molar-refractivity contribution in [3.8, 4) is 5.75 Å². The van der Waals surface area contributed by atoms with Crippen molar-refractivity contribution in [2.24, 2.45) is 0 Å². The highest BCUT2D eigenvalue weighted by atomic mass is 32.2. The molecule has 1 aromatic heterocycles. The zero-order valence-corrected chi connectivity index (χ0v) is 16.2. The molecule has 0 radical (unpaired) electrons. The molecule has 0 saturated carbocycles. The number of aryl methyl sites for hydroxylation is 2. The van der Waals surface area contributed by atoms with Crippen LogP contribution in [0.25, 0.3) is 17.0 Å². The number of fused-ring (bicyclic) bond motifs is 1. The molecule has 27 heavy (non-hydrogen) atoms. The Kier molecular flexibility index (Phi) is 4.58. The molecule has 138 valence electrons. The number of thioether (sulfide) groups is 1. The number of carbonyl (C=O) groups is 1. The lowest BCUT2D eigenvalue weighted by Gasteiger charge is -2.16. The van der Waals surface area contributed by atoms with Gasteiger partial charge in [-0.2, -0.15) is 0 Å². The van der Waals surface area contributed by atoms with Crippen LogP contribution in [-0.4, -0.2) is 23.5 Å². The molecule has 1 atom stereocenters. The highest BCUT2D eigenvalue weighted by molar-refractivity contribution is 8.05. The third kappa shape index (κ3) is 3.40. The van der Waals surface area contributed by atoms with Gasteiger partial charge < -0.3 is 20.4 Å². The minimum absolute atomic E-state index is 0.0752. The third-order valence-electron chi connectivity index (χ3n) is 4.59. The molecule has 3 N–H and O–H groups in total. The average molecular weight is 379 g/mol. The minimum Gasteiger partial charge on any atom is -0.495 e. The van der Waals surface area contributed by atoms with Gasteiger partial charge in [0.1, 0.15) is 5.75 Å². The van der Waals surface area contributed by atoms with Gasteiger partial charge in [0.25, 0.3) is 5.91 Å². The number of rotatable bonds is 4. The fraction of sp³-hybridized carbons (Fsp3) is 0.190. The Balaban J connectivity index is 1.60. The maximum Gasteiger partial charge on any atom is 0.260 e. The van der Waals surface area contributed by atoms with Gasteiger partial charge in [-0.15, -0.1) is 0 Å². The van der Waals surface area contributed by atoms with Crippen LogP contribution in [0.5, 0.6) is 5.75 Å². The van der Waals surface area contributed by atoms with E-state index in [1.165, 1.54) is 11.8 Å². The molecule has 1 saturated heterocycles. The van der Waals surface area contributed by atoms with Crippen molar-refractivity contribution in [1.29, 1.82) is 0 Å². The second-order valence-electron chi connectivity index (χ2n) is 6.54. The van der Waals surface area contributed by atoms with Crippen molar-refractivity contribution in [3.63, 3.8) is 0 Å². The molecule has 5 nitrogen and oxygen atoms in total. The van der Waals surface area contributed by atoms with E-state index < -0.39 is 0 Å². The summed E-state index contributed by atoms with van der Waals surface area (Å²) >= 11 is 1.47. The lowest BCUT2D eigenvalue weighted by Crippen LogP contribution is -2.31. The van der Waals surface area contributed by atoms with E-state index in [9.17, 15) is 4.79 Å². The molecule has 0 aliphatic carbocycles. The van der Waals surface area contributed by atoms with Crippen LogP contribution in [0.2, 0.25) is 0 Å². The number of H-pyrrole nitrogens is 1. The maximum atomic E-state index is 12.5. The summed E-state index contributed by atoms with van der Waals surface area (Å²) in [6.45, 7) is 4.05. The predicted molar refractivity (Wildman–Crippen MR) is 112 cm³/mol. The van der Waals surface area contributed by atoms with Gasteiger partial charge in [-0.1, -0.05) is 36.0 Å². The molecule has 1 aliphatic rings. The molecule has 1 aliphatic heterocycles. The number of hydrogen-bond acceptors (Lipinski definition) is 4. The highest BCUT2D eigenvalue weighted by Gasteiger charge is 2.28. The molecular weight excluding hydrogens is 358 g/mol. The summed E-state index contributed by atoms with van der Waals surface area (Å²) < 4.78 is 5.41. The molecule has 3 aromatic rings. The lowest BCUT2D eigenvalue weighted by molar-refractivity contribution is -0.116. The summed E-state index contributed by atoms with van der Waals surface area (Å²) in [5.74, 6) is 0.675. The maximum absolute atomic E-state index is 12.5. The van der Waals surface area contributed by atoms with Crippen molar-refractivity contribution >= 4 is 40.3 Å². The Morgan fingerprint density at radius 1 is 1.19 bits per heavy atom. The Labute approximate surface area is 162 Å². The van der Waals surface area contributed by atoms with Gasteiger partial charge in [0.15, 0.2) is 5.50 Å². The molecule has 0 bridgehead atoms. The molecule has 6 heteroatoms. The smallest absolute Gasteiger partial charge is 0.260 e. The second-order valence-corrected chi connectivity index (χ2v) is 7.68. The molecule has 1 fully saturated rings. The normalized spacial score (nSPS) is 18.1. The first-order valence-electron chi connectivity index (χ1n) is 8.73. The van der Waals surface area contributed by atoms with Crippen molar-refractivity contribution in [2.45, 2.75) is 19.3 Å². The van der Waals surface area contributed by atoms with E-state index in [1.807, 2.05) is 56.3 Å². The number of nitrogens with one attached hydrogen (secondary N) is 3. The molecule has 2 aromatic carbocycles. The Hall–Kier alpha value is -2.86. The van der Waals surface area contributed by atoms with Crippen molar-refractivity contribution in [1.82, 2.24) is 10.3 Å². The fourth-order valence-corrected chi connectivity index (χ4v) is 4.21. The van der Waals surface area contributed by atoms with Gasteiger partial charge in [0, 0.05) is 22.2 Å². The topological polar surface area (TPSA) is 66.2 Å². The van der Waals surface area contributed by atoms with Gasteiger partial charge in [0.05, 0.1) is 17.7 Å². The Bertz CT molecular complexity index is 1050. The molecule has 0 spiro atoms. The van der Waals surface area contributed by atoms with Gasteiger partial charge >= 0.3 is 0 Å². The number of carbonyl (C=O) groups excluding carboxylic acids is 1. The van der Waals surface area contributed by atoms with E-state index in [0.29, 0.717) is 4.91 Å². The zero-order valence-electron chi connectivity index (χ0n) is 15.4. The van der Waals surface area contributed by atoms with Gasteiger partial charge in [0.2, 0.25) is 0 Å². The Morgan fingerprint density at radius 2 is 2.00 bits per heavy atom. The lowest BCUT2D eigenvalue weighted by atomic mass is 10.1. The summed E-state index contributed by atoms with van der Waals surface area (Å²) in [4.78, 5) is 16.5. The van der Waals surface area contributed by atoms with Crippen LogP contribution in [-0.2, 0) is 4.79 Å². The van der Waals surface area contributed by atoms with E-state index >= 15 is 0 Å². The zero-order chi connectivity index (χ0) is 19.0. The number of benzene rings is 2. The fourth-order valence-electron chi connectivity index (χ4n) is 3.26. The van der Waals surface area contributed by atoms with Crippen LogP contribution in [0.4, 0.5) is 5.69 Å². The minimum atomic E-state index is -0.245. The number of anilines is 1. The molecule has 4 rings (SSSR count). The number of amides is 1. The summed E-state index contributed by atoms with van der Waals surface area (Å²) in [6, 6.07) is 14.0. The SMILES string of the molecule is COc1ccc(C)cc1NC1NC(=O)/C(=C/c2c(C)[nH]c3ccccc23)S1. The number of methoxy groups -OCH3 is 1. The first-order chi connectivity index (χ1) is 13.0. The largest absolute Gasteiger partial charge is 0.495 e. The average Bonchev–Trinajstić information content (AvgIpc) is 3.15. The summed E-state index contributed by atoms with van der Waals surface area (Å²) in [6.07, 6.45) is 1.96. The monoisotopic (exact) mass is 379 g/mol. The summed E-state index contributed by atoms with van der Waals surface area (Å²) in [5.41, 5.74) is 4.91. The number of ether oxygens (including phenoxy) is 1. The highest BCUT2D eigenvalue weighted by Crippen LogP contribution is 2.35. The quantitative estimate of drug-likeness (QED) is 0.588. The van der Waals surface area contributed by atoms with E-state index in [2.05, 4.69) is 21.7 Å². The van der Waals surface area contributed by atoms with Crippen molar-refractivity contribution in [3.05, 3.63) is 64.2 Å². The van der Waals surface area contributed by atoms with Gasteiger partial charge in [-0.3, -0.25) is 4.79 Å². The summed E-state index contributed by atoms with van der Waals surface area (Å²) in [5, 5.41) is 7.45.